The van der Waals surface area contributed by atoms with E-state index in [1.807, 2.05) is 42.5 Å². The summed E-state index contributed by atoms with van der Waals surface area (Å²) in [4.78, 5) is 12.3. The van der Waals surface area contributed by atoms with Gasteiger partial charge in [-0.1, -0.05) is 30.3 Å². The molecule has 0 bridgehead atoms. The highest BCUT2D eigenvalue weighted by Crippen LogP contribution is 2.20. The van der Waals surface area contributed by atoms with Crippen molar-refractivity contribution in [3.05, 3.63) is 72.0 Å². The van der Waals surface area contributed by atoms with Crippen LogP contribution in [0, 0.1) is 5.82 Å². The number of amides is 1. The Kier molecular flexibility index (Phi) is 3.62. The number of thiol groups is 1. The van der Waals surface area contributed by atoms with E-state index in [1.165, 1.54) is 18.2 Å². The number of rotatable bonds is 2. The normalized spacial score (nSPS) is 10.6. The molecular formula is C17H12FNOS. The molecule has 0 radical (unpaired) electrons. The quantitative estimate of drug-likeness (QED) is 0.669. The van der Waals surface area contributed by atoms with Crippen molar-refractivity contribution < 1.29 is 9.18 Å². The van der Waals surface area contributed by atoms with Crippen LogP contribution in [0.25, 0.3) is 10.8 Å². The van der Waals surface area contributed by atoms with Gasteiger partial charge < -0.3 is 5.32 Å². The Balaban J connectivity index is 1.87. The van der Waals surface area contributed by atoms with Crippen LogP contribution in [0.5, 0.6) is 0 Å². The fourth-order valence-electron chi connectivity index (χ4n) is 2.12. The minimum Gasteiger partial charge on any atom is -0.322 e. The van der Waals surface area contributed by atoms with E-state index in [4.69, 9.17) is 0 Å². The maximum atomic E-state index is 13.2. The number of hydrogen-bond donors (Lipinski definition) is 2. The van der Waals surface area contributed by atoms with Crippen LogP contribution in [-0.4, -0.2) is 5.91 Å². The second-order valence-electron chi connectivity index (χ2n) is 4.68. The van der Waals surface area contributed by atoms with Crippen LogP contribution in [0.4, 0.5) is 10.1 Å². The average molecular weight is 297 g/mol. The zero-order valence-corrected chi connectivity index (χ0v) is 11.9. The van der Waals surface area contributed by atoms with Gasteiger partial charge in [0.25, 0.3) is 5.91 Å². The van der Waals surface area contributed by atoms with E-state index in [1.54, 1.807) is 0 Å². The first-order chi connectivity index (χ1) is 10.1. The van der Waals surface area contributed by atoms with Crippen molar-refractivity contribution >= 4 is 35.0 Å². The molecule has 3 aromatic rings. The minimum atomic E-state index is -0.444. The molecule has 21 heavy (non-hydrogen) atoms. The Morgan fingerprint density at radius 3 is 2.48 bits per heavy atom. The fourth-order valence-corrected chi connectivity index (χ4v) is 2.34. The number of halogens is 1. The highest BCUT2D eigenvalue weighted by molar-refractivity contribution is 7.80. The van der Waals surface area contributed by atoms with E-state index in [0.717, 1.165) is 10.8 Å². The van der Waals surface area contributed by atoms with E-state index < -0.39 is 5.82 Å². The molecule has 0 aliphatic rings. The van der Waals surface area contributed by atoms with Crippen molar-refractivity contribution in [2.75, 3.05) is 5.32 Å². The van der Waals surface area contributed by atoms with Crippen LogP contribution in [0.3, 0.4) is 0 Å². The van der Waals surface area contributed by atoms with Crippen LogP contribution >= 0.6 is 12.6 Å². The van der Waals surface area contributed by atoms with Crippen LogP contribution in [0.15, 0.2) is 65.6 Å². The molecule has 0 atom stereocenters. The molecule has 0 aliphatic carbocycles. The molecule has 0 fully saturated rings. The number of anilines is 1. The maximum absolute atomic E-state index is 13.2. The Morgan fingerprint density at radius 2 is 1.71 bits per heavy atom. The lowest BCUT2D eigenvalue weighted by Gasteiger charge is -2.07. The van der Waals surface area contributed by atoms with Gasteiger partial charge in [-0.05, 0) is 41.1 Å². The summed E-state index contributed by atoms with van der Waals surface area (Å²) in [6, 6.07) is 17.7. The van der Waals surface area contributed by atoms with Crippen LogP contribution in [-0.2, 0) is 0 Å². The largest absolute Gasteiger partial charge is 0.322 e. The molecule has 0 saturated heterocycles. The number of carbonyl (C=O) groups is 1. The summed E-state index contributed by atoms with van der Waals surface area (Å²) < 4.78 is 13.2. The average Bonchev–Trinajstić information content (AvgIpc) is 2.50. The monoisotopic (exact) mass is 297 g/mol. The summed E-state index contributed by atoms with van der Waals surface area (Å²) in [5.41, 5.74) is 1.07. The molecule has 1 amide bonds. The van der Waals surface area contributed by atoms with Crippen molar-refractivity contribution in [3.63, 3.8) is 0 Å². The van der Waals surface area contributed by atoms with Crippen molar-refractivity contribution in [1.29, 1.82) is 0 Å². The van der Waals surface area contributed by atoms with Gasteiger partial charge in [0.2, 0.25) is 0 Å². The van der Waals surface area contributed by atoms with Gasteiger partial charge in [0, 0.05) is 16.1 Å². The summed E-state index contributed by atoms with van der Waals surface area (Å²) in [6.07, 6.45) is 0. The predicted molar refractivity (Wildman–Crippen MR) is 85.6 cm³/mol. The summed E-state index contributed by atoms with van der Waals surface area (Å²) in [5, 5.41) is 4.95. The van der Waals surface area contributed by atoms with E-state index in [0.29, 0.717) is 11.3 Å². The molecular weight excluding hydrogens is 285 g/mol. The molecule has 0 saturated carbocycles. The third-order valence-electron chi connectivity index (χ3n) is 3.22. The third kappa shape index (κ3) is 2.90. The van der Waals surface area contributed by atoms with Gasteiger partial charge in [-0.15, -0.1) is 12.6 Å². The van der Waals surface area contributed by atoms with Gasteiger partial charge >= 0.3 is 0 Å². The molecule has 0 spiro atoms. The smallest absolute Gasteiger partial charge is 0.255 e. The summed E-state index contributed by atoms with van der Waals surface area (Å²) in [5.74, 6) is -0.735. The van der Waals surface area contributed by atoms with E-state index in [-0.39, 0.29) is 10.8 Å². The summed E-state index contributed by atoms with van der Waals surface area (Å²) >= 11 is 3.98. The first-order valence-electron chi connectivity index (χ1n) is 6.42. The molecule has 0 heterocycles. The van der Waals surface area contributed by atoms with Gasteiger partial charge in [0.1, 0.15) is 5.82 Å². The van der Waals surface area contributed by atoms with Crippen molar-refractivity contribution in [1.82, 2.24) is 0 Å². The number of fused-ring (bicyclic) bond motifs is 1. The number of carbonyl (C=O) groups excluding carboxylic acids is 1. The second-order valence-corrected chi connectivity index (χ2v) is 5.16. The molecule has 4 heteroatoms. The number of hydrogen-bond acceptors (Lipinski definition) is 2. The minimum absolute atomic E-state index is 0.154. The van der Waals surface area contributed by atoms with Crippen LogP contribution in [0.2, 0.25) is 0 Å². The molecule has 0 unspecified atom stereocenters. The lowest BCUT2D eigenvalue weighted by molar-refractivity contribution is 0.102. The summed E-state index contributed by atoms with van der Waals surface area (Å²) in [6.45, 7) is 0. The fraction of sp³-hybridized carbons (Fsp3) is 0. The van der Waals surface area contributed by atoms with Crippen molar-refractivity contribution in [2.45, 2.75) is 4.90 Å². The van der Waals surface area contributed by atoms with Crippen LogP contribution < -0.4 is 5.32 Å². The zero-order chi connectivity index (χ0) is 14.8. The lowest BCUT2D eigenvalue weighted by atomic mass is 10.1. The molecule has 3 rings (SSSR count). The van der Waals surface area contributed by atoms with Gasteiger partial charge in [-0.2, -0.15) is 0 Å². The SMILES string of the molecule is O=C(Nc1ccc2ccccc2c1)c1ccc(F)c(S)c1. The number of benzene rings is 3. The molecule has 2 nitrogen and oxygen atoms in total. The van der Waals surface area contributed by atoms with Gasteiger partial charge in [-0.25, -0.2) is 4.39 Å². The van der Waals surface area contributed by atoms with E-state index >= 15 is 0 Å². The van der Waals surface area contributed by atoms with Crippen molar-refractivity contribution in [3.8, 4) is 0 Å². The maximum Gasteiger partial charge on any atom is 0.255 e. The molecule has 0 aromatic heterocycles. The summed E-state index contributed by atoms with van der Waals surface area (Å²) in [7, 11) is 0. The highest BCUT2D eigenvalue weighted by Gasteiger charge is 2.08. The Labute approximate surface area is 127 Å². The molecule has 1 N–H and O–H groups in total. The standard InChI is InChI=1S/C17H12FNOS/c18-15-8-6-13(10-16(15)21)17(20)19-14-7-5-11-3-1-2-4-12(11)9-14/h1-10,21H,(H,19,20). The Hall–Kier alpha value is -2.33. The lowest BCUT2D eigenvalue weighted by Crippen LogP contribution is -2.12. The van der Waals surface area contributed by atoms with Gasteiger partial charge in [-0.3, -0.25) is 4.79 Å². The predicted octanol–water partition coefficient (Wildman–Crippen LogP) is 4.52. The van der Waals surface area contributed by atoms with Gasteiger partial charge in [0.05, 0.1) is 0 Å². The second kappa shape index (κ2) is 5.58. The first kappa shape index (κ1) is 13.6. The van der Waals surface area contributed by atoms with Gasteiger partial charge in [0.15, 0.2) is 0 Å². The molecule has 3 aromatic carbocycles. The number of nitrogens with one attached hydrogen (secondary N) is 1. The zero-order valence-electron chi connectivity index (χ0n) is 11.0. The Bertz CT molecular complexity index is 832. The molecule has 0 aliphatic heterocycles. The first-order valence-corrected chi connectivity index (χ1v) is 6.87. The van der Waals surface area contributed by atoms with E-state index in [2.05, 4.69) is 17.9 Å². The van der Waals surface area contributed by atoms with Crippen molar-refractivity contribution in [2.24, 2.45) is 0 Å². The van der Waals surface area contributed by atoms with E-state index in [9.17, 15) is 9.18 Å². The third-order valence-corrected chi connectivity index (χ3v) is 3.56. The highest BCUT2D eigenvalue weighted by atomic mass is 32.1. The molecule has 104 valence electrons. The van der Waals surface area contributed by atoms with Crippen LogP contribution in [0.1, 0.15) is 10.4 Å². The Morgan fingerprint density at radius 1 is 0.952 bits per heavy atom. The topological polar surface area (TPSA) is 29.1 Å².